The highest BCUT2D eigenvalue weighted by Crippen LogP contribution is 2.20. The number of amides is 1. The lowest BCUT2D eigenvalue weighted by atomic mass is 9.93. The number of carbonyl (C=O) groups is 1. The third-order valence-electron chi connectivity index (χ3n) is 4.57. The SMILES string of the molecule is CN=C(NCCc1ccc(F)cc1F)N1CCC(CC(=O)NC)CC1. The van der Waals surface area contributed by atoms with Crippen LogP contribution in [0.5, 0.6) is 0 Å². The Morgan fingerprint density at radius 2 is 2.04 bits per heavy atom. The Kier molecular flexibility index (Phi) is 7.16. The van der Waals surface area contributed by atoms with Crippen LogP contribution in [0.3, 0.4) is 0 Å². The second-order valence-corrected chi connectivity index (χ2v) is 6.27. The molecule has 5 nitrogen and oxygen atoms in total. The molecule has 0 radical (unpaired) electrons. The minimum absolute atomic E-state index is 0.0854. The number of benzene rings is 1. The van der Waals surface area contributed by atoms with Gasteiger partial charge in [0.2, 0.25) is 5.91 Å². The third kappa shape index (κ3) is 5.69. The van der Waals surface area contributed by atoms with Gasteiger partial charge in [-0.1, -0.05) is 6.07 Å². The largest absolute Gasteiger partial charge is 0.359 e. The summed E-state index contributed by atoms with van der Waals surface area (Å²) in [6, 6.07) is 3.64. The van der Waals surface area contributed by atoms with Crippen molar-refractivity contribution in [3.05, 3.63) is 35.4 Å². The van der Waals surface area contributed by atoms with E-state index in [9.17, 15) is 13.6 Å². The van der Waals surface area contributed by atoms with Gasteiger partial charge in [-0.15, -0.1) is 0 Å². The standard InChI is InChI=1S/C18H26F2N4O/c1-21-17(25)11-13-6-9-24(10-7-13)18(22-2)23-8-5-14-3-4-15(19)12-16(14)20/h3-4,12-13H,5-11H2,1-2H3,(H,21,25)(H,22,23). The molecule has 0 bridgehead atoms. The second kappa shape index (κ2) is 9.34. The molecule has 0 unspecified atom stereocenters. The number of nitrogens with one attached hydrogen (secondary N) is 2. The quantitative estimate of drug-likeness (QED) is 0.629. The average molecular weight is 352 g/mol. The topological polar surface area (TPSA) is 56.7 Å². The van der Waals surface area contributed by atoms with Crippen molar-refractivity contribution in [3.8, 4) is 0 Å². The van der Waals surface area contributed by atoms with Crippen molar-refractivity contribution < 1.29 is 13.6 Å². The van der Waals surface area contributed by atoms with E-state index in [4.69, 9.17) is 0 Å². The number of carbonyl (C=O) groups excluding carboxylic acids is 1. The lowest BCUT2D eigenvalue weighted by molar-refractivity contribution is -0.121. The van der Waals surface area contributed by atoms with Gasteiger partial charge in [0.15, 0.2) is 5.96 Å². The van der Waals surface area contributed by atoms with E-state index in [1.54, 1.807) is 14.1 Å². The Morgan fingerprint density at radius 1 is 1.32 bits per heavy atom. The summed E-state index contributed by atoms with van der Waals surface area (Å²) >= 11 is 0. The number of aliphatic imine (C=N–C) groups is 1. The summed E-state index contributed by atoms with van der Waals surface area (Å²) < 4.78 is 26.6. The molecule has 1 amide bonds. The van der Waals surface area contributed by atoms with Crippen LogP contribution in [-0.2, 0) is 11.2 Å². The molecule has 25 heavy (non-hydrogen) atoms. The number of guanidine groups is 1. The lowest BCUT2D eigenvalue weighted by Gasteiger charge is -2.34. The maximum absolute atomic E-state index is 13.6. The molecule has 1 saturated heterocycles. The minimum Gasteiger partial charge on any atom is -0.359 e. The van der Waals surface area contributed by atoms with Crippen LogP contribution in [0.4, 0.5) is 8.78 Å². The van der Waals surface area contributed by atoms with Gasteiger partial charge in [0.05, 0.1) is 0 Å². The minimum atomic E-state index is -0.565. The molecule has 1 aliphatic rings. The lowest BCUT2D eigenvalue weighted by Crippen LogP contribution is -2.46. The van der Waals surface area contributed by atoms with Crippen LogP contribution in [-0.4, -0.2) is 50.5 Å². The zero-order valence-corrected chi connectivity index (χ0v) is 14.8. The van der Waals surface area contributed by atoms with Crippen molar-refractivity contribution in [1.29, 1.82) is 0 Å². The molecule has 2 rings (SSSR count). The summed E-state index contributed by atoms with van der Waals surface area (Å²) in [5, 5.41) is 5.90. The Bertz CT molecular complexity index is 613. The van der Waals surface area contributed by atoms with Crippen LogP contribution < -0.4 is 10.6 Å². The number of rotatable bonds is 5. The van der Waals surface area contributed by atoms with Gasteiger partial charge in [0, 0.05) is 46.2 Å². The number of halogens is 2. The Morgan fingerprint density at radius 3 is 2.64 bits per heavy atom. The molecule has 0 aliphatic carbocycles. The van der Waals surface area contributed by atoms with E-state index < -0.39 is 11.6 Å². The van der Waals surface area contributed by atoms with Crippen LogP contribution >= 0.6 is 0 Å². The molecule has 2 N–H and O–H groups in total. The number of piperidine rings is 1. The first-order chi connectivity index (χ1) is 12.0. The maximum atomic E-state index is 13.6. The van der Waals surface area contributed by atoms with Crippen LogP contribution in [0.25, 0.3) is 0 Å². The van der Waals surface area contributed by atoms with Gasteiger partial charge in [0.1, 0.15) is 11.6 Å². The fraction of sp³-hybridized carbons (Fsp3) is 0.556. The van der Waals surface area contributed by atoms with Crippen LogP contribution in [0.2, 0.25) is 0 Å². The second-order valence-electron chi connectivity index (χ2n) is 6.27. The van der Waals surface area contributed by atoms with Crippen molar-refractivity contribution in [2.45, 2.75) is 25.7 Å². The van der Waals surface area contributed by atoms with E-state index in [1.165, 1.54) is 12.1 Å². The van der Waals surface area contributed by atoms with Gasteiger partial charge in [-0.05, 0) is 36.8 Å². The first-order valence-corrected chi connectivity index (χ1v) is 8.63. The molecular formula is C18H26F2N4O. The highest BCUT2D eigenvalue weighted by Gasteiger charge is 2.22. The highest BCUT2D eigenvalue weighted by atomic mass is 19.1. The molecule has 0 atom stereocenters. The molecule has 0 saturated carbocycles. The monoisotopic (exact) mass is 352 g/mol. The molecule has 1 aromatic carbocycles. The van der Waals surface area contributed by atoms with Crippen LogP contribution in [0.1, 0.15) is 24.8 Å². The van der Waals surface area contributed by atoms with Crippen LogP contribution in [0.15, 0.2) is 23.2 Å². The number of nitrogens with zero attached hydrogens (tertiary/aromatic N) is 2. The zero-order chi connectivity index (χ0) is 18.2. The first-order valence-electron chi connectivity index (χ1n) is 8.63. The first kappa shape index (κ1) is 19.1. The fourth-order valence-corrected chi connectivity index (χ4v) is 3.08. The Hall–Kier alpha value is -2.18. The van der Waals surface area contributed by atoms with Crippen molar-refractivity contribution in [1.82, 2.24) is 15.5 Å². The summed E-state index contributed by atoms with van der Waals surface area (Å²) in [6.07, 6.45) is 2.92. The van der Waals surface area contributed by atoms with E-state index in [0.717, 1.165) is 38.0 Å². The van der Waals surface area contributed by atoms with Crippen molar-refractivity contribution in [2.75, 3.05) is 33.7 Å². The molecule has 1 fully saturated rings. The zero-order valence-electron chi connectivity index (χ0n) is 14.8. The van der Waals surface area contributed by atoms with Crippen molar-refractivity contribution in [3.63, 3.8) is 0 Å². The summed E-state index contributed by atoms with van der Waals surface area (Å²) in [4.78, 5) is 17.9. The van der Waals surface area contributed by atoms with E-state index in [2.05, 4.69) is 20.5 Å². The van der Waals surface area contributed by atoms with E-state index in [0.29, 0.717) is 30.9 Å². The third-order valence-corrected chi connectivity index (χ3v) is 4.57. The summed E-state index contributed by atoms with van der Waals surface area (Å²) in [5.41, 5.74) is 0.480. The number of hydrogen-bond acceptors (Lipinski definition) is 2. The molecule has 1 aliphatic heterocycles. The predicted molar refractivity (Wildman–Crippen MR) is 94.4 cm³/mol. The molecule has 1 heterocycles. The number of likely N-dealkylation sites (tertiary alicyclic amines) is 1. The van der Waals surface area contributed by atoms with Gasteiger partial charge in [-0.2, -0.15) is 0 Å². The summed E-state index contributed by atoms with van der Waals surface area (Å²) in [5.74, 6) is 0.183. The van der Waals surface area contributed by atoms with Crippen molar-refractivity contribution >= 4 is 11.9 Å². The molecule has 138 valence electrons. The highest BCUT2D eigenvalue weighted by molar-refractivity contribution is 5.80. The predicted octanol–water partition coefficient (Wildman–Crippen LogP) is 1.93. The van der Waals surface area contributed by atoms with E-state index >= 15 is 0 Å². The normalized spacial score (nSPS) is 16.0. The van der Waals surface area contributed by atoms with Gasteiger partial charge in [-0.25, -0.2) is 8.78 Å². The van der Waals surface area contributed by atoms with Gasteiger partial charge >= 0.3 is 0 Å². The van der Waals surface area contributed by atoms with Crippen LogP contribution in [0, 0.1) is 17.6 Å². The Balaban J connectivity index is 1.78. The van der Waals surface area contributed by atoms with Crippen molar-refractivity contribution in [2.24, 2.45) is 10.9 Å². The molecule has 0 spiro atoms. The summed E-state index contributed by atoms with van der Waals surface area (Å²) in [6.45, 7) is 2.20. The fourth-order valence-electron chi connectivity index (χ4n) is 3.08. The maximum Gasteiger partial charge on any atom is 0.220 e. The molecular weight excluding hydrogens is 326 g/mol. The molecule has 0 aromatic heterocycles. The van der Waals surface area contributed by atoms with E-state index in [-0.39, 0.29) is 5.91 Å². The van der Waals surface area contributed by atoms with Gasteiger partial charge in [0.25, 0.3) is 0 Å². The molecule has 1 aromatic rings. The molecule has 7 heteroatoms. The van der Waals surface area contributed by atoms with Gasteiger partial charge in [-0.3, -0.25) is 9.79 Å². The van der Waals surface area contributed by atoms with E-state index in [1.807, 2.05) is 0 Å². The smallest absolute Gasteiger partial charge is 0.220 e. The van der Waals surface area contributed by atoms with Gasteiger partial charge < -0.3 is 15.5 Å². The summed E-state index contributed by atoms with van der Waals surface area (Å²) in [7, 11) is 3.38. The number of hydrogen-bond donors (Lipinski definition) is 2. The average Bonchev–Trinajstić information content (AvgIpc) is 2.61. The Labute approximate surface area is 147 Å².